The highest BCUT2D eigenvalue weighted by atomic mass is 16.5. The highest BCUT2D eigenvalue weighted by Gasteiger charge is 2.29. The lowest BCUT2D eigenvalue weighted by Crippen LogP contribution is -2.47. The molecule has 3 rings (SSSR count). The second-order valence-corrected chi connectivity index (χ2v) is 5.73. The summed E-state index contributed by atoms with van der Waals surface area (Å²) in [6.07, 6.45) is 2.35. The van der Waals surface area contributed by atoms with Gasteiger partial charge in [0, 0.05) is 25.6 Å². The summed E-state index contributed by atoms with van der Waals surface area (Å²) in [5, 5.41) is 9.65. The van der Waals surface area contributed by atoms with Gasteiger partial charge >= 0.3 is 0 Å². The van der Waals surface area contributed by atoms with Crippen LogP contribution in [0.25, 0.3) is 0 Å². The van der Waals surface area contributed by atoms with Gasteiger partial charge in [0.2, 0.25) is 5.91 Å². The van der Waals surface area contributed by atoms with Crippen molar-refractivity contribution in [3.63, 3.8) is 0 Å². The van der Waals surface area contributed by atoms with Crippen LogP contribution in [0.4, 0.5) is 11.4 Å². The molecule has 0 spiro atoms. The number of rotatable bonds is 4. The Labute approximate surface area is 125 Å². The number of fused-ring (bicyclic) bond motifs is 1. The van der Waals surface area contributed by atoms with Crippen LogP contribution < -0.4 is 16.0 Å². The minimum absolute atomic E-state index is 0.0544. The van der Waals surface area contributed by atoms with E-state index in [2.05, 4.69) is 22.9 Å². The Morgan fingerprint density at radius 1 is 1.38 bits per heavy atom. The Bertz CT molecular complexity index is 506. The fourth-order valence-electron chi connectivity index (χ4n) is 3.10. The molecule has 0 bridgehead atoms. The van der Waals surface area contributed by atoms with E-state index in [-0.39, 0.29) is 11.9 Å². The SMILES string of the molecule is CCC1OCCC1CNC(=O)C1CNc2ccccc2N1. The molecule has 1 saturated heterocycles. The fourth-order valence-corrected chi connectivity index (χ4v) is 3.10. The summed E-state index contributed by atoms with van der Waals surface area (Å²) in [6, 6.07) is 7.73. The molecule has 5 heteroatoms. The van der Waals surface area contributed by atoms with Crippen LogP contribution in [0.15, 0.2) is 24.3 Å². The molecule has 0 saturated carbocycles. The second kappa shape index (κ2) is 6.35. The van der Waals surface area contributed by atoms with Gasteiger partial charge < -0.3 is 20.7 Å². The van der Waals surface area contributed by atoms with Crippen molar-refractivity contribution < 1.29 is 9.53 Å². The smallest absolute Gasteiger partial charge is 0.244 e. The number of hydrogen-bond acceptors (Lipinski definition) is 4. The molecule has 1 aromatic carbocycles. The second-order valence-electron chi connectivity index (χ2n) is 5.73. The van der Waals surface area contributed by atoms with Crippen molar-refractivity contribution in [2.24, 2.45) is 5.92 Å². The van der Waals surface area contributed by atoms with Gasteiger partial charge in [-0.15, -0.1) is 0 Å². The maximum atomic E-state index is 12.3. The summed E-state index contributed by atoms with van der Waals surface area (Å²) >= 11 is 0. The summed E-state index contributed by atoms with van der Waals surface area (Å²) in [7, 11) is 0. The van der Waals surface area contributed by atoms with Crippen molar-refractivity contribution in [3.05, 3.63) is 24.3 Å². The Balaban J connectivity index is 1.52. The van der Waals surface area contributed by atoms with Crippen LogP contribution in [0.5, 0.6) is 0 Å². The molecular weight excluding hydrogens is 266 g/mol. The van der Waals surface area contributed by atoms with Crippen LogP contribution in [0.1, 0.15) is 19.8 Å². The van der Waals surface area contributed by atoms with Crippen LogP contribution in [0.2, 0.25) is 0 Å². The topological polar surface area (TPSA) is 62.4 Å². The zero-order chi connectivity index (χ0) is 14.7. The van der Waals surface area contributed by atoms with Crippen LogP contribution in [0.3, 0.4) is 0 Å². The highest BCUT2D eigenvalue weighted by molar-refractivity contribution is 5.88. The van der Waals surface area contributed by atoms with Crippen LogP contribution >= 0.6 is 0 Å². The molecule has 0 aromatic heterocycles. The molecule has 2 heterocycles. The van der Waals surface area contributed by atoms with E-state index < -0.39 is 0 Å². The molecule has 2 aliphatic heterocycles. The average Bonchev–Trinajstić information content (AvgIpc) is 2.99. The Morgan fingerprint density at radius 3 is 3.00 bits per heavy atom. The lowest BCUT2D eigenvalue weighted by Gasteiger charge is -2.28. The first-order chi connectivity index (χ1) is 10.3. The summed E-state index contributed by atoms with van der Waals surface area (Å²) in [5.74, 6) is 0.501. The van der Waals surface area contributed by atoms with Gasteiger partial charge in [0.15, 0.2) is 0 Å². The van der Waals surface area contributed by atoms with Crippen LogP contribution in [-0.4, -0.2) is 37.7 Å². The van der Waals surface area contributed by atoms with Crippen molar-refractivity contribution in [2.45, 2.75) is 31.9 Å². The van der Waals surface area contributed by atoms with E-state index in [1.807, 2.05) is 24.3 Å². The number of carbonyl (C=O) groups excluding carboxylic acids is 1. The molecule has 1 fully saturated rings. The Hall–Kier alpha value is -1.75. The summed E-state index contributed by atoms with van der Waals surface area (Å²) < 4.78 is 5.66. The number of amides is 1. The molecule has 5 nitrogen and oxygen atoms in total. The maximum Gasteiger partial charge on any atom is 0.244 e. The molecule has 114 valence electrons. The zero-order valence-corrected chi connectivity index (χ0v) is 12.4. The molecule has 3 unspecified atom stereocenters. The normalized spacial score (nSPS) is 27.4. The first-order valence-electron chi connectivity index (χ1n) is 7.76. The van der Waals surface area contributed by atoms with E-state index in [4.69, 9.17) is 4.74 Å². The third-order valence-corrected chi connectivity index (χ3v) is 4.36. The van der Waals surface area contributed by atoms with E-state index in [0.717, 1.165) is 30.8 Å². The average molecular weight is 289 g/mol. The molecular formula is C16H23N3O2. The largest absolute Gasteiger partial charge is 0.381 e. The molecule has 3 N–H and O–H groups in total. The highest BCUT2D eigenvalue weighted by Crippen LogP contribution is 2.25. The monoisotopic (exact) mass is 289 g/mol. The van der Waals surface area contributed by atoms with E-state index >= 15 is 0 Å². The predicted octanol–water partition coefficient (Wildman–Crippen LogP) is 1.82. The summed E-state index contributed by atoms with van der Waals surface area (Å²) in [6.45, 7) is 4.27. The number of hydrogen-bond donors (Lipinski definition) is 3. The number of benzene rings is 1. The van der Waals surface area contributed by atoms with Gasteiger partial charge in [-0.2, -0.15) is 0 Å². The van der Waals surface area contributed by atoms with Crippen molar-refractivity contribution in [1.29, 1.82) is 0 Å². The van der Waals surface area contributed by atoms with Crippen LogP contribution in [-0.2, 0) is 9.53 Å². The number of ether oxygens (including phenoxy) is 1. The number of anilines is 2. The standard InChI is InChI=1S/C16H23N3O2/c1-2-15-11(7-8-21-15)9-18-16(20)14-10-17-12-5-3-4-6-13(12)19-14/h3-6,11,14-15,17,19H,2,7-10H2,1H3,(H,18,20). The van der Waals surface area contributed by atoms with Gasteiger partial charge in [-0.3, -0.25) is 4.79 Å². The Morgan fingerprint density at radius 2 is 2.19 bits per heavy atom. The summed E-state index contributed by atoms with van der Waals surface area (Å²) in [5.41, 5.74) is 2.04. The number of carbonyl (C=O) groups is 1. The molecule has 0 aliphatic carbocycles. The van der Waals surface area contributed by atoms with Gasteiger partial charge in [0.05, 0.1) is 17.5 Å². The minimum atomic E-state index is -0.220. The zero-order valence-electron chi connectivity index (χ0n) is 12.4. The van der Waals surface area contributed by atoms with Crippen molar-refractivity contribution in [1.82, 2.24) is 5.32 Å². The van der Waals surface area contributed by atoms with Gasteiger partial charge in [0.25, 0.3) is 0 Å². The quantitative estimate of drug-likeness (QED) is 0.791. The number of nitrogens with one attached hydrogen (secondary N) is 3. The molecule has 21 heavy (non-hydrogen) atoms. The van der Waals surface area contributed by atoms with E-state index in [9.17, 15) is 4.79 Å². The van der Waals surface area contributed by atoms with Crippen molar-refractivity contribution >= 4 is 17.3 Å². The number of para-hydroxylation sites is 2. The van der Waals surface area contributed by atoms with Crippen molar-refractivity contribution in [2.75, 3.05) is 30.3 Å². The summed E-state index contributed by atoms with van der Waals surface area (Å²) in [4.78, 5) is 12.3. The first kappa shape index (κ1) is 14.2. The minimum Gasteiger partial charge on any atom is -0.381 e. The van der Waals surface area contributed by atoms with Crippen LogP contribution in [0, 0.1) is 5.92 Å². The fraction of sp³-hybridized carbons (Fsp3) is 0.562. The molecule has 1 amide bonds. The van der Waals surface area contributed by atoms with Gasteiger partial charge in [-0.05, 0) is 25.0 Å². The molecule has 2 aliphatic rings. The Kier molecular flexibility index (Phi) is 4.29. The third-order valence-electron chi connectivity index (χ3n) is 4.36. The molecule has 0 radical (unpaired) electrons. The predicted molar refractivity (Wildman–Crippen MR) is 83.5 cm³/mol. The van der Waals surface area contributed by atoms with Crippen molar-refractivity contribution in [3.8, 4) is 0 Å². The van der Waals surface area contributed by atoms with Gasteiger partial charge in [-0.1, -0.05) is 19.1 Å². The first-order valence-corrected chi connectivity index (χ1v) is 7.76. The van der Waals surface area contributed by atoms with Gasteiger partial charge in [0.1, 0.15) is 6.04 Å². The molecule has 3 atom stereocenters. The van der Waals surface area contributed by atoms with E-state index in [1.54, 1.807) is 0 Å². The lowest BCUT2D eigenvalue weighted by atomic mass is 9.99. The van der Waals surface area contributed by atoms with E-state index in [0.29, 0.717) is 25.1 Å². The van der Waals surface area contributed by atoms with E-state index in [1.165, 1.54) is 0 Å². The van der Waals surface area contributed by atoms with Gasteiger partial charge in [-0.25, -0.2) is 0 Å². The molecule has 1 aromatic rings. The lowest BCUT2D eigenvalue weighted by molar-refractivity contribution is -0.121. The maximum absolute atomic E-state index is 12.3. The third kappa shape index (κ3) is 3.13.